The Bertz CT molecular complexity index is 599. The fourth-order valence-corrected chi connectivity index (χ4v) is 3.10. The number of hydrogen-bond acceptors (Lipinski definition) is 5. The lowest BCUT2D eigenvalue weighted by molar-refractivity contribution is -0.144. The Kier molecular flexibility index (Phi) is 5.74. The average Bonchev–Trinajstić information content (AvgIpc) is 2.45. The van der Waals surface area contributed by atoms with Gasteiger partial charge >= 0.3 is 5.97 Å². The maximum absolute atomic E-state index is 12.3. The van der Waals surface area contributed by atoms with Gasteiger partial charge in [0.25, 0.3) is 0 Å². The number of benzene rings is 1. The van der Waals surface area contributed by atoms with Crippen molar-refractivity contribution in [2.45, 2.75) is 11.8 Å². The molecule has 0 radical (unpaired) electrons. The van der Waals surface area contributed by atoms with E-state index in [1.165, 1.54) is 25.5 Å². The summed E-state index contributed by atoms with van der Waals surface area (Å²) < 4.78 is 30.5. The minimum absolute atomic E-state index is 0.217. The van der Waals surface area contributed by atoms with Gasteiger partial charge in [0.2, 0.25) is 10.0 Å². The number of ether oxygens (including phenoxy) is 1. The molecular weight excluding hydrogens is 292 g/mol. The highest BCUT2D eigenvalue weighted by molar-refractivity contribution is 7.89. The molecule has 0 aliphatic carbocycles. The van der Waals surface area contributed by atoms with Crippen LogP contribution in [-0.4, -0.2) is 53.5 Å². The maximum atomic E-state index is 12.3. The zero-order valence-electron chi connectivity index (χ0n) is 13.0. The smallest absolute Gasteiger partial charge is 0.310 e. The maximum Gasteiger partial charge on any atom is 0.310 e. The number of hydrogen-bond donors (Lipinski definition) is 0. The first kappa shape index (κ1) is 17.5. The predicted molar refractivity (Wildman–Crippen MR) is 81.8 cm³/mol. The van der Waals surface area contributed by atoms with Gasteiger partial charge < -0.3 is 9.64 Å². The van der Waals surface area contributed by atoms with Gasteiger partial charge in [0, 0.05) is 27.7 Å². The van der Waals surface area contributed by atoms with Crippen LogP contribution >= 0.6 is 0 Å². The molecular formula is C14H22N2O4S. The first-order chi connectivity index (χ1) is 9.71. The molecule has 0 saturated heterocycles. The lowest BCUT2D eigenvalue weighted by Gasteiger charge is -2.25. The Hall–Kier alpha value is -1.60. The van der Waals surface area contributed by atoms with E-state index in [1.807, 2.05) is 0 Å². The molecule has 0 aliphatic rings. The topological polar surface area (TPSA) is 66.9 Å². The van der Waals surface area contributed by atoms with Gasteiger partial charge in [-0.3, -0.25) is 4.79 Å². The molecule has 6 nitrogen and oxygen atoms in total. The number of carbonyl (C=O) groups is 1. The number of rotatable bonds is 6. The highest BCUT2D eigenvalue weighted by Crippen LogP contribution is 2.26. The minimum atomic E-state index is -3.54. The molecule has 0 aliphatic heterocycles. The summed E-state index contributed by atoms with van der Waals surface area (Å²) in [5.41, 5.74) is 0.557. The molecule has 0 aromatic heterocycles. The van der Waals surface area contributed by atoms with E-state index in [0.29, 0.717) is 12.2 Å². The first-order valence-corrected chi connectivity index (χ1v) is 7.96. The van der Waals surface area contributed by atoms with Crippen LogP contribution in [0.2, 0.25) is 0 Å². The summed E-state index contributed by atoms with van der Waals surface area (Å²) in [5, 5.41) is 0. The van der Waals surface area contributed by atoms with E-state index in [0.717, 1.165) is 0 Å². The molecule has 1 aromatic carbocycles. The molecule has 118 valence electrons. The van der Waals surface area contributed by atoms with Crippen molar-refractivity contribution in [3.63, 3.8) is 0 Å². The highest BCUT2D eigenvalue weighted by Gasteiger charge is 2.24. The number of para-hydroxylation sites is 1. The molecule has 0 N–H and O–H groups in total. The van der Waals surface area contributed by atoms with Crippen LogP contribution in [0.25, 0.3) is 0 Å². The fourth-order valence-electron chi connectivity index (χ4n) is 1.97. The van der Waals surface area contributed by atoms with Crippen molar-refractivity contribution in [1.29, 1.82) is 0 Å². The van der Waals surface area contributed by atoms with Crippen LogP contribution in [0, 0.1) is 5.92 Å². The quantitative estimate of drug-likeness (QED) is 0.738. The minimum Gasteiger partial charge on any atom is -0.469 e. The van der Waals surface area contributed by atoms with E-state index in [2.05, 4.69) is 0 Å². The van der Waals surface area contributed by atoms with Crippen LogP contribution in [0.4, 0.5) is 5.69 Å². The number of methoxy groups -OCH3 is 1. The number of carbonyl (C=O) groups excluding carboxylic acids is 1. The molecule has 0 bridgehead atoms. The Morgan fingerprint density at radius 2 is 1.81 bits per heavy atom. The van der Waals surface area contributed by atoms with Crippen molar-refractivity contribution in [2.75, 3.05) is 39.7 Å². The van der Waals surface area contributed by atoms with Gasteiger partial charge in [0.1, 0.15) is 4.90 Å². The van der Waals surface area contributed by atoms with Crippen LogP contribution in [0.15, 0.2) is 29.2 Å². The van der Waals surface area contributed by atoms with Crippen molar-refractivity contribution in [1.82, 2.24) is 4.31 Å². The second-order valence-corrected chi connectivity index (χ2v) is 7.18. The van der Waals surface area contributed by atoms with Crippen LogP contribution < -0.4 is 4.90 Å². The Balaban J connectivity index is 3.12. The van der Waals surface area contributed by atoms with Gasteiger partial charge in [-0.2, -0.15) is 0 Å². The molecule has 1 unspecified atom stereocenters. The van der Waals surface area contributed by atoms with E-state index in [9.17, 15) is 13.2 Å². The molecule has 0 fully saturated rings. The van der Waals surface area contributed by atoms with E-state index in [4.69, 9.17) is 4.74 Å². The van der Waals surface area contributed by atoms with Crippen molar-refractivity contribution in [3.05, 3.63) is 24.3 Å². The zero-order valence-corrected chi connectivity index (χ0v) is 13.8. The van der Waals surface area contributed by atoms with Crippen molar-refractivity contribution >= 4 is 21.7 Å². The van der Waals surface area contributed by atoms with Crippen molar-refractivity contribution < 1.29 is 17.9 Å². The van der Waals surface area contributed by atoms with Crippen LogP contribution in [-0.2, 0) is 19.6 Å². The van der Waals surface area contributed by atoms with E-state index < -0.39 is 10.0 Å². The summed E-state index contributed by atoms with van der Waals surface area (Å²) in [6.07, 6.45) is 0. The molecule has 0 amide bonds. The van der Waals surface area contributed by atoms with Crippen molar-refractivity contribution in [2.24, 2.45) is 5.92 Å². The summed E-state index contributed by atoms with van der Waals surface area (Å²) in [4.78, 5) is 13.5. The SMILES string of the molecule is COC(=O)C(C)CN(C)c1ccccc1S(=O)(=O)N(C)C. The summed E-state index contributed by atoms with van der Waals surface area (Å²) >= 11 is 0. The average molecular weight is 314 g/mol. The number of sulfonamides is 1. The van der Waals surface area contributed by atoms with Crippen LogP contribution in [0.1, 0.15) is 6.92 Å². The Labute approximate surface area is 126 Å². The molecule has 21 heavy (non-hydrogen) atoms. The third-order valence-electron chi connectivity index (χ3n) is 3.19. The lowest BCUT2D eigenvalue weighted by Crippen LogP contribution is -2.31. The largest absolute Gasteiger partial charge is 0.469 e. The highest BCUT2D eigenvalue weighted by atomic mass is 32.2. The lowest BCUT2D eigenvalue weighted by atomic mass is 10.1. The number of esters is 1. The third kappa shape index (κ3) is 3.95. The Morgan fingerprint density at radius 3 is 2.33 bits per heavy atom. The van der Waals surface area contributed by atoms with E-state index in [1.54, 1.807) is 43.1 Å². The Morgan fingerprint density at radius 1 is 1.24 bits per heavy atom. The molecule has 7 heteroatoms. The summed E-state index contributed by atoms with van der Waals surface area (Å²) in [6.45, 7) is 2.11. The van der Waals surface area contributed by atoms with E-state index >= 15 is 0 Å². The number of nitrogens with zero attached hydrogens (tertiary/aromatic N) is 2. The molecule has 0 spiro atoms. The standard InChI is InChI=1S/C14H22N2O4S/c1-11(14(17)20-5)10-16(4)12-8-6-7-9-13(12)21(18,19)15(2)3/h6-9,11H,10H2,1-5H3. The molecule has 0 heterocycles. The summed E-state index contributed by atoms with van der Waals surface area (Å²) in [6, 6.07) is 6.73. The molecule has 1 aromatic rings. The second kappa shape index (κ2) is 6.91. The van der Waals surface area contributed by atoms with Crippen molar-refractivity contribution in [3.8, 4) is 0 Å². The fraction of sp³-hybridized carbons (Fsp3) is 0.500. The number of anilines is 1. The normalized spacial score (nSPS) is 13.0. The van der Waals surface area contributed by atoms with Gasteiger partial charge in [0.05, 0.1) is 18.7 Å². The van der Waals surface area contributed by atoms with Crippen LogP contribution in [0.3, 0.4) is 0 Å². The van der Waals surface area contributed by atoms with E-state index in [-0.39, 0.29) is 16.8 Å². The van der Waals surface area contributed by atoms with Gasteiger partial charge in [-0.1, -0.05) is 19.1 Å². The van der Waals surface area contributed by atoms with Gasteiger partial charge in [0.15, 0.2) is 0 Å². The third-order valence-corrected chi connectivity index (χ3v) is 5.05. The second-order valence-electron chi connectivity index (χ2n) is 5.06. The first-order valence-electron chi connectivity index (χ1n) is 6.52. The summed E-state index contributed by atoms with van der Waals surface area (Å²) in [7, 11) is 2.53. The zero-order chi connectivity index (χ0) is 16.2. The molecule has 1 atom stereocenters. The van der Waals surface area contributed by atoms with Gasteiger partial charge in [-0.25, -0.2) is 12.7 Å². The van der Waals surface area contributed by atoms with Gasteiger partial charge in [-0.05, 0) is 12.1 Å². The monoisotopic (exact) mass is 314 g/mol. The summed E-state index contributed by atoms with van der Waals surface area (Å²) in [5.74, 6) is -0.676. The van der Waals surface area contributed by atoms with Gasteiger partial charge in [-0.15, -0.1) is 0 Å². The molecule has 1 rings (SSSR count). The predicted octanol–water partition coefficient (Wildman–Crippen LogP) is 1.18. The van der Waals surface area contributed by atoms with Crippen LogP contribution in [0.5, 0.6) is 0 Å². The molecule has 0 saturated carbocycles.